The summed E-state index contributed by atoms with van der Waals surface area (Å²) in [6.07, 6.45) is 4.45. The Morgan fingerprint density at radius 3 is 2.65 bits per heavy atom. The van der Waals surface area contributed by atoms with Gasteiger partial charge in [0.2, 0.25) is 0 Å². The summed E-state index contributed by atoms with van der Waals surface area (Å²) in [7, 11) is 0. The van der Waals surface area contributed by atoms with Gasteiger partial charge in [-0.25, -0.2) is 4.98 Å². The zero-order valence-corrected chi connectivity index (χ0v) is 11.1. The molecule has 1 aliphatic carbocycles. The molecule has 1 heterocycles. The summed E-state index contributed by atoms with van der Waals surface area (Å²) in [5.74, 6) is 2.65. The zero-order valence-electron chi connectivity index (χ0n) is 9.49. The highest BCUT2D eigenvalue weighted by atomic mass is 79.9. The van der Waals surface area contributed by atoms with Gasteiger partial charge in [0.1, 0.15) is 5.82 Å². The Morgan fingerprint density at radius 1 is 1.18 bits per heavy atom. The third kappa shape index (κ3) is 2.75. The standard InChI is InChI=1S/C13H14BrN3/c14-11-6-1-9(2-7-11)3-8-12-15-13(17-16-12)10-4-5-10/h1-2,6-7,10H,3-5,8H2,(H,15,16,17). The van der Waals surface area contributed by atoms with Crippen molar-refractivity contribution in [2.24, 2.45) is 0 Å². The number of aromatic nitrogens is 3. The number of nitrogens with one attached hydrogen (secondary N) is 1. The molecule has 1 fully saturated rings. The third-order valence-corrected chi connectivity index (χ3v) is 3.58. The van der Waals surface area contributed by atoms with Gasteiger partial charge in [-0.3, -0.25) is 5.10 Å². The van der Waals surface area contributed by atoms with Gasteiger partial charge < -0.3 is 0 Å². The van der Waals surface area contributed by atoms with Crippen molar-refractivity contribution in [3.05, 3.63) is 46.0 Å². The first-order valence-corrected chi connectivity index (χ1v) is 6.76. The number of rotatable bonds is 4. The van der Waals surface area contributed by atoms with Crippen molar-refractivity contribution >= 4 is 15.9 Å². The zero-order chi connectivity index (χ0) is 11.7. The molecule has 0 bridgehead atoms. The van der Waals surface area contributed by atoms with Crippen LogP contribution in [0.15, 0.2) is 28.7 Å². The average Bonchev–Trinajstić information content (AvgIpc) is 3.09. The lowest BCUT2D eigenvalue weighted by molar-refractivity contribution is 0.865. The molecule has 1 aromatic heterocycles. The van der Waals surface area contributed by atoms with Crippen molar-refractivity contribution in [1.29, 1.82) is 0 Å². The SMILES string of the molecule is Brc1ccc(CCc2nc(C3CC3)n[nH]2)cc1. The van der Waals surface area contributed by atoms with Crippen LogP contribution in [0.3, 0.4) is 0 Å². The molecule has 0 aliphatic heterocycles. The van der Waals surface area contributed by atoms with E-state index in [0.717, 1.165) is 29.0 Å². The highest BCUT2D eigenvalue weighted by Crippen LogP contribution is 2.37. The topological polar surface area (TPSA) is 41.6 Å². The number of halogens is 1. The summed E-state index contributed by atoms with van der Waals surface area (Å²) in [5.41, 5.74) is 1.33. The fourth-order valence-corrected chi connectivity index (χ4v) is 2.12. The molecule has 0 radical (unpaired) electrons. The maximum Gasteiger partial charge on any atom is 0.153 e. The van der Waals surface area contributed by atoms with E-state index in [1.807, 2.05) is 0 Å². The van der Waals surface area contributed by atoms with Gasteiger partial charge in [0.05, 0.1) is 0 Å². The molecule has 1 aliphatic rings. The Kier molecular flexibility index (Phi) is 2.97. The smallest absolute Gasteiger partial charge is 0.153 e. The van der Waals surface area contributed by atoms with E-state index in [-0.39, 0.29) is 0 Å². The molecule has 1 saturated carbocycles. The van der Waals surface area contributed by atoms with Crippen LogP contribution in [0.2, 0.25) is 0 Å². The summed E-state index contributed by atoms with van der Waals surface area (Å²) in [4.78, 5) is 4.53. The van der Waals surface area contributed by atoms with E-state index in [1.165, 1.54) is 18.4 Å². The van der Waals surface area contributed by atoms with Crippen molar-refractivity contribution in [2.45, 2.75) is 31.6 Å². The highest BCUT2D eigenvalue weighted by molar-refractivity contribution is 9.10. The molecule has 1 N–H and O–H groups in total. The minimum atomic E-state index is 0.632. The molecule has 2 aromatic rings. The average molecular weight is 292 g/mol. The third-order valence-electron chi connectivity index (χ3n) is 3.06. The van der Waals surface area contributed by atoms with Crippen LogP contribution in [-0.2, 0) is 12.8 Å². The Hall–Kier alpha value is -1.16. The number of H-pyrrole nitrogens is 1. The molecular formula is C13H14BrN3. The van der Waals surface area contributed by atoms with Crippen LogP contribution in [-0.4, -0.2) is 15.2 Å². The fraction of sp³-hybridized carbons (Fsp3) is 0.385. The van der Waals surface area contributed by atoms with Crippen molar-refractivity contribution < 1.29 is 0 Å². The predicted octanol–water partition coefficient (Wildman–Crippen LogP) is 3.23. The van der Waals surface area contributed by atoms with Crippen molar-refractivity contribution in [2.75, 3.05) is 0 Å². The molecule has 1 aromatic carbocycles. The summed E-state index contributed by atoms with van der Waals surface area (Å²) >= 11 is 3.44. The monoisotopic (exact) mass is 291 g/mol. The second-order valence-electron chi connectivity index (χ2n) is 4.54. The van der Waals surface area contributed by atoms with Crippen LogP contribution < -0.4 is 0 Å². The van der Waals surface area contributed by atoms with Crippen molar-refractivity contribution in [3.8, 4) is 0 Å². The number of benzene rings is 1. The van der Waals surface area contributed by atoms with Gasteiger partial charge in [-0.05, 0) is 37.0 Å². The van der Waals surface area contributed by atoms with Crippen LogP contribution in [0.4, 0.5) is 0 Å². The molecular weight excluding hydrogens is 278 g/mol. The maximum absolute atomic E-state index is 4.53. The molecule has 88 valence electrons. The second kappa shape index (κ2) is 4.61. The van der Waals surface area contributed by atoms with Gasteiger partial charge in [-0.15, -0.1) is 0 Å². The second-order valence-corrected chi connectivity index (χ2v) is 5.46. The molecule has 17 heavy (non-hydrogen) atoms. The largest absolute Gasteiger partial charge is 0.263 e. The number of aryl methyl sites for hydroxylation is 2. The van der Waals surface area contributed by atoms with Crippen molar-refractivity contribution in [1.82, 2.24) is 15.2 Å². The van der Waals surface area contributed by atoms with Gasteiger partial charge in [0.25, 0.3) is 0 Å². The number of hydrogen-bond acceptors (Lipinski definition) is 2. The van der Waals surface area contributed by atoms with Crippen LogP contribution in [0.25, 0.3) is 0 Å². The van der Waals surface area contributed by atoms with E-state index in [9.17, 15) is 0 Å². The molecule has 0 spiro atoms. The molecule has 0 amide bonds. The van der Waals surface area contributed by atoms with Crippen LogP contribution >= 0.6 is 15.9 Å². The molecule has 0 unspecified atom stereocenters. The van der Waals surface area contributed by atoms with E-state index < -0.39 is 0 Å². The quantitative estimate of drug-likeness (QED) is 0.940. The first-order chi connectivity index (χ1) is 8.31. The summed E-state index contributed by atoms with van der Waals surface area (Å²) in [5, 5.41) is 7.30. The van der Waals surface area contributed by atoms with Gasteiger partial charge in [0.15, 0.2) is 5.82 Å². The van der Waals surface area contributed by atoms with E-state index in [0.29, 0.717) is 5.92 Å². The lowest BCUT2D eigenvalue weighted by Gasteiger charge is -1.99. The van der Waals surface area contributed by atoms with E-state index in [2.05, 4.69) is 55.4 Å². The van der Waals surface area contributed by atoms with Crippen LogP contribution in [0.1, 0.15) is 36.0 Å². The Morgan fingerprint density at radius 2 is 1.94 bits per heavy atom. The summed E-state index contributed by atoms with van der Waals surface area (Å²) < 4.78 is 1.12. The lowest BCUT2D eigenvalue weighted by atomic mass is 10.1. The summed E-state index contributed by atoms with van der Waals surface area (Å²) in [6.45, 7) is 0. The molecule has 4 heteroatoms. The minimum Gasteiger partial charge on any atom is -0.263 e. The first-order valence-electron chi connectivity index (χ1n) is 5.97. The van der Waals surface area contributed by atoms with Crippen LogP contribution in [0.5, 0.6) is 0 Å². The highest BCUT2D eigenvalue weighted by Gasteiger charge is 2.27. The molecule has 3 nitrogen and oxygen atoms in total. The van der Waals surface area contributed by atoms with E-state index in [4.69, 9.17) is 0 Å². The Labute approximate surface area is 109 Å². The predicted molar refractivity (Wildman–Crippen MR) is 69.9 cm³/mol. The Balaban J connectivity index is 1.60. The van der Waals surface area contributed by atoms with Gasteiger partial charge in [0, 0.05) is 16.8 Å². The number of aromatic amines is 1. The minimum absolute atomic E-state index is 0.632. The fourth-order valence-electron chi connectivity index (χ4n) is 1.86. The van der Waals surface area contributed by atoms with Gasteiger partial charge in [-0.1, -0.05) is 28.1 Å². The first kappa shape index (κ1) is 11.0. The van der Waals surface area contributed by atoms with E-state index in [1.54, 1.807) is 0 Å². The molecule has 0 atom stereocenters. The summed E-state index contributed by atoms with van der Waals surface area (Å²) in [6, 6.07) is 8.43. The molecule has 3 rings (SSSR count). The van der Waals surface area contributed by atoms with Gasteiger partial charge >= 0.3 is 0 Å². The molecule has 0 saturated heterocycles. The normalized spacial score (nSPS) is 15.1. The number of hydrogen-bond donors (Lipinski definition) is 1. The van der Waals surface area contributed by atoms with Gasteiger partial charge in [-0.2, -0.15) is 5.10 Å². The Bertz CT molecular complexity index is 500. The number of nitrogens with zero attached hydrogens (tertiary/aromatic N) is 2. The van der Waals surface area contributed by atoms with Crippen LogP contribution in [0, 0.1) is 0 Å². The van der Waals surface area contributed by atoms with Crippen molar-refractivity contribution in [3.63, 3.8) is 0 Å². The maximum atomic E-state index is 4.53. The lowest BCUT2D eigenvalue weighted by Crippen LogP contribution is -1.93. The van der Waals surface area contributed by atoms with E-state index >= 15 is 0 Å².